The molecule has 170 valence electrons. The van der Waals surface area contributed by atoms with Crippen molar-refractivity contribution in [3.8, 4) is 5.75 Å². The number of halogens is 4. The van der Waals surface area contributed by atoms with Crippen LogP contribution in [-0.2, 0) is 18.2 Å². The minimum Gasteiger partial charge on any atom is -0.490 e. The lowest BCUT2D eigenvalue weighted by Crippen LogP contribution is -2.35. The SMILES string of the molecule is OC1(c2ccc(F)cc2)CCC(Oc2ccn3c(CC4CC4)nnc3c2C(F)(F)F)CC1. The summed E-state index contributed by atoms with van der Waals surface area (Å²) in [6.45, 7) is 0. The van der Waals surface area contributed by atoms with Crippen LogP contribution in [0.4, 0.5) is 17.6 Å². The first-order chi connectivity index (χ1) is 15.2. The van der Waals surface area contributed by atoms with Crippen molar-refractivity contribution in [3.63, 3.8) is 0 Å². The van der Waals surface area contributed by atoms with Gasteiger partial charge in [-0.25, -0.2) is 4.39 Å². The molecule has 2 heterocycles. The van der Waals surface area contributed by atoms with Gasteiger partial charge in [0.05, 0.1) is 11.7 Å². The fourth-order valence-electron chi connectivity index (χ4n) is 4.49. The molecule has 0 atom stereocenters. The summed E-state index contributed by atoms with van der Waals surface area (Å²) in [6.07, 6.45) is 0.512. The van der Waals surface area contributed by atoms with E-state index in [0.717, 1.165) is 12.8 Å². The van der Waals surface area contributed by atoms with Crippen LogP contribution in [0.2, 0.25) is 0 Å². The van der Waals surface area contributed by atoms with Crippen LogP contribution < -0.4 is 4.74 Å². The first-order valence-corrected chi connectivity index (χ1v) is 10.8. The summed E-state index contributed by atoms with van der Waals surface area (Å²) < 4.78 is 62.3. The van der Waals surface area contributed by atoms with Gasteiger partial charge < -0.3 is 9.84 Å². The van der Waals surface area contributed by atoms with Crippen LogP contribution in [0.15, 0.2) is 36.5 Å². The van der Waals surface area contributed by atoms with Gasteiger partial charge in [0.25, 0.3) is 0 Å². The van der Waals surface area contributed by atoms with Crippen LogP contribution in [-0.4, -0.2) is 25.8 Å². The molecular formula is C23H23F4N3O2. The third kappa shape index (κ3) is 4.05. The average molecular weight is 449 g/mol. The molecule has 2 fully saturated rings. The summed E-state index contributed by atoms with van der Waals surface area (Å²) in [7, 11) is 0. The van der Waals surface area contributed by atoms with E-state index in [1.54, 1.807) is 0 Å². The lowest BCUT2D eigenvalue weighted by molar-refractivity contribution is -0.138. The van der Waals surface area contributed by atoms with Gasteiger partial charge in [0.2, 0.25) is 0 Å². The fourth-order valence-corrected chi connectivity index (χ4v) is 4.49. The highest BCUT2D eigenvalue weighted by Gasteiger charge is 2.41. The van der Waals surface area contributed by atoms with E-state index in [9.17, 15) is 22.7 Å². The summed E-state index contributed by atoms with van der Waals surface area (Å²) in [5.41, 5.74) is -1.71. The third-order valence-corrected chi connectivity index (χ3v) is 6.50. The first kappa shape index (κ1) is 21.2. The number of alkyl halides is 3. The van der Waals surface area contributed by atoms with Gasteiger partial charge in [0.1, 0.15) is 23.0 Å². The van der Waals surface area contributed by atoms with E-state index in [-0.39, 0.29) is 11.4 Å². The van der Waals surface area contributed by atoms with E-state index in [1.807, 2.05) is 0 Å². The number of benzene rings is 1. The topological polar surface area (TPSA) is 59.7 Å². The van der Waals surface area contributed by atoms with Gasteiger partial charge in [-0.05, 0) is 68.2 Å². The zero-order valence-electron chi connectivity index (χ0n) is 17.3. The molecule has 2 aromatic heterocycles. The fraction of sp³-hybridized carbons (Fsp3) is 0.478. The molecule has 0 amide bonds. The molecule has 2 aliphatic rings. The largest absolute Gasteiger partial charge is 0.490 e. The zero-order valence-corrected chi connectivity index (χ0v) is 17.3. The molecule has 5 rings (SSSR count). The predicted octanol–water partition coefficient (Wildman–Crippen LogP) is 5.05. The number of fused-ring (bicyclic) bond motifs is 1. The lowest BCUT2D eigenvalue weighted by Gasteiger charge is -2.36. The van der Waals surface area contributed by atoms with E-state index >= 15 is 0 Å². The Morgan fingerprint density at radius 3 is 2.34 bits per heavy atom. The first-order valence-electron chi connectivity index (χ1n) is 10.8. The molecule has 1 aromatic carbocycles. The Labute approximate surface area is 182 Å². The Morgan fingerprint density at radius 2 is 1.72 bits per heavy atom. The van der Waals surface area contributed by atoms with E-state index < -0.39 is 29.3 Å². The number of hydrogen-bond acceptors (Lipinski definition) is 4. The molecule has 0 bridgehead atoms. The molecule has 3 aromatic rings. The molecular weight excluding hydrogens is 426 g/mol. The molecule has 32 heavy (non-hydrogen) atoms. The standard InChI is InChI=1S/C23H23F4N3O2/c24-16-5-3-15(4-6-16)22(31)10-7-17(8-11-22)32-18-9-12-30-19(13-14-1-2-14)28-29-21(30)20(18)23(25,26)27/h3-6,9,12,14,17,31H,1-2,7-8,10-11,13H2. The van der Waals surface area contributed by atoms with Crippen molar-refractivity contribution in [2.75, 3.05) is 0 Å². The second kappa shape index (κ2) is 7.72. The second-order valence-electron chi connectivity index (χ2n) is 8.87. The highest BCUT2D eigenvalue weighted by Crippen LogP contribution is 2.43. The van der Waals surface area contributed by atoms with Crippen molar-refractivity contribution in [3.05, 3.63) is 59.3 Å². The van der Waals surface area contributed by atoms with Crippen LogP contribution in [0.5, 0.6) is 5.75 Å². The number of pyridine rings is 1. The van der Waals surface area contributed by atoms with Crippen molar-refractivity contribution < 1.29 is 27.4 Å². The zero-order chi connectivity index (χ0) is 22.5. The van der Waals surface area contributed by atoms with Gasteiger partial charge in [0, 0.05) is 12.6 Å². The van der Waals surface area contributed by atoms with Crippen molar-refractivity contribution >= 4 is 5.65 Å². The second-order valence-corrected chi connectivity index (χ2v) is 8.87. The Kier molecular flexibility index (Phi) is 5.11. The summed E-state index contributed by atoms with van der Waals surface area (Å²) in [5, 5.41) is 18.8. The number of nitrogens with zero attached hydrogens (tertiary/aromatic N) is 3. The molecule has 2 saturated carbocycles. The van der Waals surface area contributed by atoms with Crippen LogP contribution in [0.1, 0.15) is 55.5 Å². The van der Waals surface area contributed by atoms with E-state index in [1.165, 1.54) is 40.9 Å². The molecule has 1 N–H and O–H groups in total. The maximum absolute atomic E-state index is 14.0. The molecule has 0 saturated heterocycles. The van der Waals surface area contributed by atoms with Crippen LogP contribution in [0.25, 0.3) is 5.65 Å². The lowest BCUT2D eigenvalue weighted by atomic mass is 9.78. The van der Waals surface area contributed by atoms with Gasteiger partial charge in [0.15, 0.2) is 5.65 Å². The van der Waals surface area contributed by atoms with Crippen LogP contribution in [0, 0.1) is 11.7 Å². The molecule has 0 unspecified atom stereocenters. The minimum absolute atomic E-state index is 0.246. The predicted molar refractivity (Wildman–Crippen MR) is 108 cm³/mol. The van der Waals surface area contributed by atoms with Crippen LogP contribution in [0.3, 0.4) is 0 Å². The monoisotopic (exact) mass is 449 g/mol. The summed E-state index contributed by atoms with van der Waals surface area (Å²) >= 11 is 0. The quantitative estimate of drug-likeness (QED) is 0.554. The van der Waals surface area contributed by atoms with Crippen molar-refractivity contribution in [2.45, 2.75) is 62.8 Å². The van der Waals surface area contributed by atoms with Crippen molar-refractivity contribution in [1.82, 2.24) is 14.6 Å². The number of hydrogen-bond donors (Lipinski definition) is 1. The highest BCUT2D eigenvalue weighted by atomic mass is 19.4. The average Bonchev–Trinajstić information content (AvgIpc) is 3.48. The highest BCUT2D eigenvalue weighted by molar-refractivity contribution is 5.57. The number of aromatic nitrogens is 3. The Hall–Kier alpha value is -2.68. The maximum Gasteiger partial charge on any atom is 0.423 e. The van der Waals surface area contributed by atoms with Gasteiger partial charge in [-0.3, -0.25) is 4.40 Å². The smallest absolute Gasteiger partial charge is 0.423 e. The molecule has 0 radical (unpaired) electrons. The van der Waals surface area contributed by atoms with Crippen LogP contribution >= 0.6 is 0 Å². The summed E-state index contributed by atoms with van der Waals surface area (Å²) in [5.74, 6) is 0.335. The molecule has 0 spiro atoms. The van der Waals surface area contributed by atoms with Gasteiger partial charge in [-0.15, -0.1) is 10.2 Å². The van der Waals surface area contributed by atoms with E-state index in [0.29, 0.717) is 49.4 Å². The van der Waals surface area contributed by atoms with E-state index in [4.69, 9.17) is 4.74 Å². The maximum atomic E-state index is 14.0. The molecule has 5 nitrogen and oxygen atoms in total. The summed E-state index contributed by atoms with van der Waals surface area (Å²) in [6, 6.07) is 6.98. The normalized spacial score (nSPS) is 24.1. The van der Waals surface area contributed by atoms with Gasteiger partial charge in [-0.1, -0.05) is 12.1 Å². The minimum atomic E-state index is -4.65. The molecule has 9 heteroatoms. The van der Waals surface area contributed by atoms with Gasteiger partial charge in [-0.2, -0.15) is 13.2 Å². The molecule has 2 aliphatic carbocycles. The number of aliphatic hydroxyl groups is 1. The number of rotatable bonds is 5. The van der Waals surface area contributed by atoms with Crippen molar-refractivity contribution in [2.24, 2.45) is 5.92 Å². The molecule has 0 aliphatic heterocycles. The number of ether oxygens (including phenoxy) is 1. The van der Waals surface area contributed by atoms with Crippen molar-refractivity contribution in [1.29, 1.82) is 0 Å². The summed E-state index contributed by atoms with van der Waals surface area (Å²) in [4.78, 5) is 0. The third-order valence-electron chi connectivity index (χ3n) is 6.50. The van der Waals surface area contributed by atoms with E-state index in [2.05, 4.69) is 10.2 Å². The van der Waals surface area contributed by atoms with Gasteiger partial charge >= 0.3 is 6.18 Å². The Bertz CT molecular complexity index is 1110. The Morgan fingerprint density at radius 1 is 1.03 bits per heavy atom. The Balaban J connectivity index is 1.36.